The zero-order valence-electron chi connectivity index (χ0n) is 14.6. The van der Waals surface area contributed by atoms with Crippen LogP contribution in [0.15, 0.2) is 70.9 Å². The van der Waals surface area contributed by atoms with Gasteiger partial charge in [-0.3, -0.25) is 14.5 Å². The van der Waals surface area contributed by atoms with Crippen LogP contribution in [0.2, 0.25) is 15.1 Å². The Morgan fingerprint density at radius 1 is 0.966 bits per heavy atom. The Labute approximate surface area is 180 Å². The van der Waals surface area contributed by atoms with Gasteiger partial charge in [-0.1, -0.05) is 40.9 Å². The topological polar surface area (TPSA) is 70.8 Å². The standard InChI is InChI=1S/C21H12Cl3NO4/c22-12-3-1-4-13(10-12)25-18(16-5-2-8-29-16)17(20(27)21(25)28)19(26)11-6-7-14(23)15(24)9-11/h1-10,18,26H/b19-17-. The zero-order valence-corrected chi connectivity index (χ0v) is 16.9. The van der Waals surface area contributed by atoms with Gasteiger partial charge in [0.05, 0.1) is 21.9 Å². The molecule has 1 unspecified atom stereocenters. The highest BCUT2D eigenvalue weighted by Gasteiger charge is 2.48. The second-order valence-corrected chi connectivity index (χ2v) is 7.54. The van der Waals surface area contributed by atoms with Crippen molar-refractivity contribution < 1.29 is 19.1 Å². The summed E-state index contributed by atoms with van der Waals surface area (Å²) in [6.07, 6.45) is 1.42. The molecule has 0 radical (unpaired) electrons. The Balaban J connectivity index is 1.94. The van der Waals surface area contributed by atoms with E-state index in [2.05, 4.69) is 0 Å². The first-order valence-corrected chi connectivity index (χ1v) is 9.57. The fourth-order valence-corrected chi connectivity index (χ4v) is 3.72. The predicted molar refractivity (Wildman–Crippen MR) is 111 cm³/mol. The van der Waals surface area contributed by atoms with Crippen molar-refractivity contribution in [1.82, 2.24) is 0 Å². The van der Waals surface area contributed by atoms with Crippen LogP contribution in [0.1, 0.15) is 17.4 Å². The molecule has 3 aromatic rings. The first kappa shape index (κ1) is 19.6. The van der Waals surface area contributed by atoms with Gasteiger partial charge in [-0.15, -0.1) is 0 Å². The van der Waals surface area contributed by atoms with Crippen LogP contribution in [-0.4, -0.2) is 16.8 Å². The normalized spacial score (nSPS) is 18.4. The minimum atomic E-state index is -0.974. The predicted octanol–water partition coefficient (Wildman–Crippen LogP) is 5.87. The highest BCUT2D eigenvalue weighted by atomic mass is 35.5. The van der Waals surface area contributed by atoms with Gasteiger partial charge in [0.15, 0.2) is 0 Å². The summed E-state index contributed by atoms with van der Waals surface area (Å²) < 4.78 is 5.48. The number of nitrogens with zero attached hydrogens (tertiary/aromatic N) is 1. The van der Waals surface area contributed by atoms with Gasteiger partial charge in [0.2, 0.25) is 0 Å². The van der Waals surface area contributed by atoms with E-state index in [1.807, 2.05) is 0 Å². The molecule has 4 rings (SSSR count). The van der Waals surface area contributed by atoms with Crippen molar-refractivity contribution >= 4 is 57.9 Å². The van der Waals surface area contributed by atoms with Crippen LogP contribution < -0.4 is 4.90 Å². The van der Waals surface area contributed by atoms with E-state index >= 15 is 0 Å². The van der Waals surface area contributed by atoms with E-state index in [4.69, 9.17) is 39.2 Å². The number of Topliss-reactive ketones (excluding diaryl/α,β-unsaturated/α-hetero) is 1. The number of carbonyl (C=O) groups excluding carboxylic acids is 2. The lowest BCUT2D eigenvalue weighted by atomic mass is 9.99. The van der Waals surface area contributed by atoms with Crippen LogP contribution in [0, 0.1) is 0 Å². The van der Waals surface area contributed by atoms with Gasteiger partial charge in [0, 0.05) is 16.3 Å². The lowest BCUT2D eigenvalue weighted by Crippen LogP contribution is -2.29. The summed E-state index contributed by atoms with van der Waals surface area (Å²) in [6, 6.07) is 13.2. The molecule has 2 heterocycles. The summed E-state index contributed by atoms with van der Waals surface area (Å²) >= 11 is 18.1. The second kappa shape index (κ2) is 7.59. The first-order chi connectivity index (χ1) is 13.9. The maximum absolute atomic E-state index is 12.9. The molecule has 0 saturated carbocycles. The number of halogens is 3. The van der Waals surface area contributed by atoms with E-state index in [9.17, 15) is 14.7 Å². The highest BCUT2D eigenvalue weighted by molar-refractivity contribution is 6.52. The number of aliphatic hydroxyl groups is 1. The molecule has 1 aliphatic rings. The van der Waals surface area contributed by atoms with Crippen LogP contribution in [0.3, 0.4) is 0 Å². The van der Waals surface area contributed by atoms with Gasteiger partial charge in [0.1, 0.15) is 17.6 Å². The van der Waals surface area contributed by atoms with Crippen molar-refractivity contribution in [1.29, 1.82) is 0 Å². The van der Waals surface area contributed by atoms with E-state index in [0.29, 0.717) is 21.5 Å². The Morgan fingerprint density at radius 3 is 2.41 bits per heavy atom. The maximum Gasteiger partial charge on any atom is 0.300 e. The zero-order chi connectivity index (χ0) is 20.7. The molecule has 1 aliphatic heterocycles. The monoisotopic (exact) mass is 447 g/mol. The molecule has 8 heteroatoms. The van der Waals surface area contributed by atoms with Crippen molar-refractivity contribution in [2.45, 2.75) is 6.04 Å². The molecule has 1 amide bonds. The third kappa shape index (κ3) is 3.42. The third-order valence-electron chi connectivity index (χ3n) is 4.54. The number of hydrogen-bond donors (Lipinski definition) is 1. The van der Waals surface area contributed by atoms with Crippen molar-refractivity contribution in [3.05, 3.63) is 92.8 Å². The lowest BCUT2D eigenvalue weighted by Gasteiger charge is -2.23. The number of carbonyl (C=O) groups is 2. The molecular weight excluding hydrogens is 437 g/mol. The average molecular weight is 449 g/mol. The number of aliphatic hydroxyl groups excluding tert-OH is 1. The molecule has 1 saturated heterocycles. The summed E-state index contributed by atoms with van der Waals surface area (Å²) in [5, 5.41) is 11.8. The Morgan fingerprint density at radius 2 is 1.76 bits per heavy atom. The van der Waals surface area contributed by atoms with Gasteiger partial charge >= 0.3 is 0 Å². The van der Waals surface area contributed by atoms with Gasteiger partial charge in [-0.2, -0.15) is 0 Å². The fraction of sp³-hybridized carbons (Fsp3) is 0.0476. The molecule has 1 fully saturated rings. The Bertz CT molecular complexity index is 1150. The SMILES string of the molecule is O=C1C(=O)N(c2cccc(Cl)c2)C(c2ccco2)/C1=C(/O)c1ccc(Cl)c(Cl)c1. The van der Waals surface area contributed by atoms with Crippen LogP contribution in [-0.2, 0) is 9.59 Å². The fourth-order valence-electron chi connectivity index (χ4n) is 3.24. The highest BCUT2D eigenvalue weighted by Crippen LogP contribution is 2.43. The molecule has 5 nitrogen and oxygen atoms in total. The molecular formula is C21H12Cl3NO4. The molecule has 1 aromatic heterocycles. The van der Waals surface area contributed by atoms with Crippen LogP contribution in [0.5, 0.6) is 0 Å². The summed E-state index contributed by atoms with van der Waals surface area (Å²) in [7, 11) is 0. The molecule has 2 aromatic carbocycles. The van der Waals surface area contributed by atoms with E-state index in [-0.39, 0.29) is 21.9 Å². The average Bonchev–Trinajstić information content (AvgIpc) is 3.31. The largest absolute Gasteiger partial charge is 0.507 e. The van der Waals surface area contributed by atoms with Gasteiger partial charge in [0.25, 0.3) is 11.7 Å². The minimum absolute atomic E-state index is 0.122. The summed E-state index contributed by atoms with van der Waals surface area (Å²) in [4.78, 5) is 27.0. The van der Waals surface area contributed by atoms with E-state index in [1.54, 1.807) is 36.4 Å². The summed E-state index contributed by atoms with van der Waals surface area (Å²) in [5.74, 6) is -1.73. The Kier molecular flexibility index (Phi) is 5.13. The maximum atomic E-state index is 12.9. The van der Waals surface area contributed by atoms with E-state index in [0.717, 1.165) is 0 Å². The van der Waals surface area contributed by atoms with Crippen LogP contribution >= 0.6 is 34.8 Å². The van der Waals surface area contributed by atoms with E-state index < -0.39 is 17.7 Å². The number of furan rings is 1. The van der Waals surface area contributed by atoms with Crippen molar-refractivity contribution in [2.24, 2.45) is 0 Å². The van der Waals surface area contributed by atoms with Crippen LogP contribution in [0.4, 0.5) is 5.69 Å². The number of anilines is 1. The van der Waals surface area contributed by atoms with Crippen molar-refractivity contribution in [3.63, 3.8) is 0 Å². The third-order valence-corrected chi connectivity index (χ3v) is 5.51. The second-order valence-electron chi connectivity index (χ2n) is 6.29. The summed E-state index contributed by atoms with van der Waals surface area (Å²) in [6.45, 7) is 0. The molecule has 146 valence electrons. The van der Waals surface area contributed by atoms with Crippen LogP contribution in [0.25, 0.3) is 5.76 Å². The summed E-state index contributed by atoms with van der Waals surface area (Å²) in [5.41, 5.74) is 0.526. The van der Waals surface area contributed by atoms with Crippen molar-refractivity contribution in [2.75, 3.05) is 4.90 Å². The number of rotatable bonds is 3. The molecule has 0 spiro atoms. The Hall–Kier alpha value is -2.73. The molecule has 0 aliphatic carbocycles. The quantitative estimate of drug-likeness (QED) is 0.309. The first-order valence-electron chi connectivity index (χ1n) is 8.44. The molecule has 1 atom stereocenters. The van der Waals surface area contributed by atoms with Gasteiger partial charge in [-0.25, -0.2) is 0 Å². The smallest absolute Gasteiger partial charge is 0.300 e. The minimum Gasteiger partial charge on any atom is -0.507 e. The van der Waals surface area contributed by atoms with Gasteiger partial charge < -0.3 is 9.52 Å². The lowest BCUT2D eigenvalue weighted by molar-refractivity contribution is -0.132. The van der Waals surface area contributed by atoms with Gasteiger partial charge in [-0.05, 0) is 48.5 Å². The number of ketones is 1. The molecule has 1 N–H and O–H groups in total. The number of benzene rings is 2. The van der Waals surface area contributed by atoms with Crippen molar-refractivity contribution in [3.8, 4) is 0 Å². The molecule has 0 bridgehead atoms. The molecule has 29 heavy (non-hydrogen) atoms. The number of amides is 1. The number of hydrogen-bond acceptors (Lipinski definition) is 4. The van der Waals surface area contributed by atoms with E-state index in [1.165, 1.54) is 29.4 Å².